The third kappa shape index (κ3) is 3.90. The van der Waals surface area contributed by atoms with E-state index in [9.17, 15) is 4.79 Å². The number of fused-ring (bicyclic) bond motifs is 1. The predicted octanol–water partition coefficient (Wildman–Crippen LogP) is 3.50. The predicted molar refractivity (Wildman–Crippen MR) is 111 cm³/mol. The van der Waals surface area contributed by atoms with Gasteiger partial charge in [-0.15, -0.1) is 15.3 Å². The van der Waals surface area contributed by atoms with Gasteiger partial charge in [-0.1, -0.05) is 35.6 Å². The van der Waals surface area contributed by atoms with Crippen LogP contribution in [0.5, 0.6) is 11.5 Å². The van der Waals surface area contributed by atoms with Crippen molar-refractivity contribution in [3.63, 3.8) is 0 Å². The molecule has 1 N–H and O–H groups in total. The van der Waals surface area contributed by atoms with E-state index in [1.54, 1.807) is 11.6 Å². The quantitative estimate of drug-likeness (QED) is 0.524. The van der Waals surface area contributed by atoms with E-state index >= 15 is 0 Å². The third-order valence-corrected chi connectivity index (χ3v) is 5.10. The molecule has 0 saturated heterocycles. The van der Waals surface area contributed by atoms with Crippen LogP contribution in [0.4, 0.5) is 5.13 Å². The average molecular weight is 409 g/mol. The Labute approximate surface area is 171 Å². The van der Waals surface area contributed by atoms with Crippen molar-refractivity contribution in [1.82, 2.24) is 19.8 Å². The zero-order valence-corrected chi connectivity index (χ0v) is 17.0. The van der Waals surface area contributed by atoms with E-state index in [1.165, 1.54) is 11.3 Å². The van der Waals surface area contributed by atoms with Crippen molar-refractivity contribution in [2.24, 2.45) is 0 Å². The molecule has 0 unspecified atom stereocenters. The molecule has 2 aromatic heterocycles. The van der Waals surface area contributed by atoms with Crippen molar-refractivity contribution in [2.45, 2.75) is 13.8 Å². The molecule has 0 spiro atoms. The van der Waals surface area contributed by atoms with Crippen molar-refractivity contribution >= 4 is 27.3 Å². The topological polar surface area (TPSA) is 90.6 Å². The summed E-state index contributed by atoms with van der Waals surface area (Å²) in [5, 5.41) is 15.9. The molecule has 2 heterocycles. The Balaban J connectivity index is 1.50. The molecule has 0 saturated carbocycles. The normalized spacial score (nSPS) is 10.9. The van der Waals surface area contributed by atoms with E-state index in [-0.39, 0.29) is 12.5 Å². The van der Waals surface area contributed by atoms with Gasteiger partial charge in [0.25, 0.3) is 5.91 Å². The summed E-state index contributed by atoms with van der Waals surface area (Å²) in [4.78, 5) is 12.9. The highest BCUT2D eigenvalue weighted by molar-refractivity contribution is 7.20. The van der Waals surface area contributed by atoms with Gasteiger partial charge in [0, 0.05) is 0 Å². The molecule has 2 aromatic carbocycles. The fourth-order valence-electron chi connectivity index (χ4n) is 2.83. The number of hydrogen-bond donors (Lipinski definition) is 1. The van der Waals surface area contributed by atoms with Gasteiger partial charge in [-0.25, -0.2) is 0 Å². The van der Waals surface area contributed by atoms with Gasteiger partial charge in [0.05, 0.1) is 12.7 Å². The van der Waals surface area contributed by atoms with Gasteiger partial charge in [-0.05, 0) is 43.2 Å². The summed E-state index contributed by atoms with van der Waals surface area (Å²) in [6, 6.07) is 13.4. The first-order valence-electron chi connectivity index (χ1n) is 8.90. The Hall–Kier alpha value is -3.46. The largest absolute Gasteiger partial charge is 0.496 e. The number of nitrogens with zero attached hydrogens (tertiary/aromatic N) is 4. The summed E-state index contributed by atoms with van der Waals surface area (Å²) in [5.41, 5.74) is 2.82. The average Bonchev–Trinajstić information content (AvgIpc) is 3.28. The second kappa shape index (κ2) is 7.88. The molecule has 0 fully saturated rings. The Morgan fingerprint density at radius 3 is 2.79 bits per heavy atom. The van der Waals surface area contributed by atoms with Crippen molar-refractivity contribution in [2.75, 3.05) is 19.0 Å². The molecule has 4 aromatic rings. The zero-order chi connectivity index (χ0) is 20.4. The van der Waals surface area contributed by atoms with Crippen molar-refractivity contribution in [1.29, 1.82) is 0 Å². The number of carbonyl (C=O) groups is 1. The fourth-order valence-corrected chi connectivity index (χ4v) is 3.58. The molecule has 1 amide bonds. The van der Waals surface area contributed by atoms with Gasteiger partial charge in [0.2, 0.25) is 10.1 Å². The molecule has 0 radical (unpaired) electrons. The maximum Gasteiger partial charge on any atom is 0.264 e. The second-order valence-electron chi connectivity index (χ2n) is 6.43. The molecule has 9 heteroatoms. The van der Waals surface area contributed by atoms with E-state index in [1.807, 2.05) is 56.3 Å². The SMILES string of the molecule is COc1ccccc1-c1nnc2sc(NC(=O)COc3cc(C)ccc3C)nn12. The van der Waals surface area contributed by atoms with Crippen LogP contribution >= 0.6 is 11.3 Å². The lowest BCUT2D eigenvalue weighted by Crippen LogP contribution is -2.20. The summed E-state index contributed by atoms with van der Waals surface area (Å²) in [5.74, 6) is 1.61. The first-order chi connectivity index (χ1) is 14.0. The van der Waals surface area contributed by atoms with Crippen molar-refractivity contribution < 1.29 is 14.3 Å². The number of hydrogen-bond acceptors (Lipinski definition) is 7. The highest BCUT2D eigenvalue weighted by atomic mass is 32.1. The Morgan fingerprint density at radius 1 is 1.14 bits per heavy atom. The van der Waals surface area contributed by atoms with Crippen LogP contribution in [0, 0.1) is 13.8 Å². The maximum atomic E-state index is 12.3. The van der Waals surface area contributed by atoms with Gasteiger partial charge in [0.1, 0.15) is 11.5 Å². The summed E-state index contributed by atoms with van der Waals surface area (Å²) in [6.45, 7) is 3.81. The molecular formula is C20H19N5O3S. The fraction of sp³-hybridized carbons (Fsp3) is 0.200. The molecule has 0 bridgehead atoms. The number of aryl methyl sites for hydroxylation is 2. The molecule has 0 aliphatic heterocycles. The highest BCUT2D eigenvalue weighted by Crippen LogP contribution is 2.30. The summed E-state index contributed by atoms with van der Waals surface area (Å²) >= 11 is 1.23. The minimum atomic E-state index is -0.297. The van der Waals surface area contributed by atoms with Gasteiger partial charge < -0.3 is 9.47 Å². The van der Waals surface area contributed by atoms with Crippen LogP contribution in [0.15, 0.2) is 42.5 Å². The third-order valence-electron chi connectivity index (χ3n) is 4.29. The van der Waals surface area contributed by atoms with E-state index in [4.69, 9.17) is 9.47 Å². The standard InChI is InChI=1S/C20H19N5O3S/c1-12-8-9-13(2)16(10-12)28-11-17(26)21-19-24-25-18(22-23-20(25)29-19)14-6-4-5-7-15(14)27-3/h4-10H,11H2,1-3H3,(H,21,24,26). The molecular weight excluding hydrogens is 390 g/mol. The first kappa shape index (κ1) is 18.9. The summed E-state index contributed by atoms with van der Waals surface area (Å²) < 4.78 is 12.6. The van der Waals surface area contributed by atoms with Crippen LogP contribution in [0.1, 0.15) is 11.1 Å². The lowest BCUT2D eigenvalue weighted by molar-refractivity contribution is -0.118. The number of para-hydroxylation sites is 1. The molecule has 8 nitrogen and oxygen atoms in total. The van der Waals surface area contributed by atoms with E-state index in [2.05, 4.69) is 20.6 Å². The summed E-state index contributed by atoms with van der Waals surface area (Å²) in [6.07, 6.45) is 0. The molecule has 0 aliphatic rings. The van der Waals surface area contributed by atoms with Crippen LogP contribution in [0.2, 0.25) is 0 Å². The number of methoxy groups -OCH3 is 1. The minimum absolute atomic E-state index is 0.107. The molecule has 4 rings (SSSR count). The van der Waals surface area contributed by atoms with Gasteiger partial charge in [0.15, 0.2) is 12.4 Å². The Bertz CT molecular complexity index is 1180. The number of carbonyl (C=O) groups excluding carboxylic acids is 1. The van der Waals surface area contributed by atoms with Crippen LogP contribution in [0.25, 0.3) is 16.3 Å². The van der Waals surface area contributed by atoms with Crippen molar-refractivity contribution in [3.05, 3.63) is 53.6 Å². The van der Waals surface area contributed by atoms with Gasteiger partial charge in [-0.3, -0.25) is 10.1 Å². The van der Waals surface area contributed by atoms with Crippen LogP contribution in [-0.2, 0) is 4.79 Å². The first-order valence-corrected chi connectivity index (χ1v) is 9.72. The maximum absolute atomic E-state index is 12.3. The Kier molecular flexibility index (Phi) is 5.13. The number of rotatable bonds is 6. The van der Waals surface area contributed by atoms with Crippen LogP contribution < -0.4 is 14.8 Å². The number of ether oxygens (including phenoxy) is 2. The van der Waals surface area contributed by atoms with E-state index < -0.39 is 0 Å². The molecule has 0 aliphatic carbocycles. The number of nitrogens with one attached hydrogen (secondary N) is 1. The summed E-state index contributed by atoms with van der Waals surface area (Å²) in [7, 11) is 1.60. The molecule has 29 heavy (non-hydrogen) atoms. The van der Waals surface area contributed by atoms with Crippen LogP contribution in [0.3, 0.4) is 0 Å². The van der Waals surface area contributed by atoms with Gasteiger partial charge in [-0.2, -0.15) is 4.52 Å². The monoisotopic (exact) mass is 409 g/mol. The number of amides is 1. The lowest BCUT2D eigenvalue weighted by Gasteiger charge is -2.09. The number of aromatic nitrogens is 4. The van der Waals surface area contributed by atoms with Crippen LogP contribution in [-0.4, -0.2) is 39.4 Å². The lowest BCUT2D eigenvalue weighted by atomic mass is 10.1. The van der Waals surface area contributed by atoms with E-state index in [0.717, 1.165) is 16.7 Å². The number of benzene rings is 2. The smallest absolute Gasteiger partial charge is 0.264 e. The number of anilines is 1. The highest BCUT2D eigenvalue weighted by Gasteiger charge is 2.17. The second-order valence-corrected chi connectivity index (χ2v) is 7.39. The Morgan fingerprint density at radius 2 is 1.97 bits per heavy atom. The van der Waals surface area contributed by atoms with Crippen molar-refractivity contribution in [3.8, 4) is 22.9 Å². The van der Waals surface area contributed by atoms with E-state index in [0.29, 0.717) is 27.4 Å². The van der Waals surface area contributed by atoms with Gasteiger partial charge >= 0.3 is 0 Å². The minimum Gasteiger partial charge on any atom is -0.496 e. The molecule has 148 valence electrons. The molecule has 0 atom stereocenters. The zero-order valence-electron chi connectivity index (χ0n) is 16.2.